The Morgan fingerprint density at radius 2 is 2.21 bits per heavy atom. The predicted octanol–water partition coefficient (Wildman–Crippen LogP) is 2.51. The highest BCUT2D eigenvalue weighted by atomic mass is 32.1. The van der Waals surface area contributed by atoms with Crippen LogP contribution in [0.5, 0.6) is 11.5 Å². The van der Waals surface area contributed by atoms with Crippen LogP contribution in [-0.2, 0) is 7.05 Å². The number of aromatic nitrogens is 2. The lowest BCUT2D eigenvalue weighted by Crippen LogP contribution is -2.40. The van der Waals surface area contributed by atoms with E-state index in [0.29, 0.717) is 23.8 Å². The number of thiophene rings is 1. The first-order valence-electron chi connectivity index (χ1n) is 7.71. The molecule has 0 aliphatic carbocycles. The Kier molecular flexibility index (Phi) is 3.65. The van der Waals surface area contributed by atoms with Gasteiger partial charge in [-0.15, -0.1) is 11.3 Å². The molecule has 1 atom stereocenters. The highest BCUT2D eigenvalue weighted by Gasteiger charge is 2.22. The fourth-order valence-corrected chi connectivity index (χ4v) is 3.81. The van der Waals surface area contributed by atoms with Crippen molar-refractivity contribution in [3.63, 3.8) is 0 Å². The first kappa shape index (κ1) is 15.0. The van der Waals surface area contributed by atoms with Gasteiger partial charge in [0.15, 0.2) is 11.5 Å². The maximum atomic E-state index is 12.4. The van der Waals surface area contributed by atoms with E-state index in [-0.39, 0.29) is 12.0 Å². The summed E-state index contributed by atoms with van der Waals surface area (Å²) in [5, 5.41) is 8.30. The quantitative estimate of drug-likeness (QED) is 0.794. The van der Waals surface area contributed by atoms with Crippen LogP contribution in [0.3, 0.4) is 0 Å². The van der Waals surface area contributed by atoms with Gasteiger partial charge in [-0.3, -0.25) is 9.48 Å². The van der Waals surface area contributed by atoms with E-state index < -0.39 is 0 Å². The fraction of sp³-hybridized carbons (Fsp3) is 0.294. The third-order valence-corrected chi connectivity index (χ3v) is 5.18. The molecule has 1 aliphatic heterocycles. The Morgan fingerprint density at radius 1 is 1.42 bits per heavy atom. The molecule has 4 rings (SSSR count). The molecule has 6 nitrogen and oxygen atoms in total. The number of nitrogens with one attached hydrogen (secondary N) is 1. The maximum absolute atomic E-state index is 12.4. The Morgan fingerprint density at radius 3 is 3.00 bits per heavy atom. The van der Waals surface area contributed by atoms with Crippen LogP contribution in [-0.4, -0.2) is 34.9 Å². The van der Waals surface area contributed by atoms with Crippen LogP contribution < -0.4 is 14.8 Å². The van der Waals surface area contributed by atoms with E-state index in [1.54, 1.807) is 4.68 Å². The minimum atomic E-state index is -0.193. The average Bonchev–Trinajstić information content (AvgIpc) is 3.14. The van der Waals surface area contributed by atoms with Crippen LogP contribution in [0, 0.1) is 6.92 Å². The van der Waals surface area contributed by atoms with Crippen molar-refractivity contribution in [3.05, 3.63) is 40.9 Å². The number of nitrogens with zero attached hydrogens (tertiary/aromatic N) is 2. The number of fused-ring (bicyclic) bond motifs is 2. The van der Waals surface area contributed by atoms with E-state index in [9.17, 15) is 4.79 Å². The molecular weight excluding hydrogens is 326 g/mol. The summed E-state index contributed by atoms with van der Waals surface area (Å²) in [5.41, 5.74) is 0.934. The molecular formula is C17H17N3O3S. The predicted molar refractivity (Wildman–Crippen MR) is 92.0 cm³/mol. The smallest absolute Gasteiger partial charge is 0.261 e. The Bertz CT molecular complexity index is 881. The number of hydrogen-bond donors (Lipinski definition) is 1. The van der Waals surface area contributed by atoms with E-state index >= 15 is 0 Å². The topological polar surface area (TPSA) is 65.4 Å². The van der Waals surface area contributed by atoms with Gasteiger partial charge in [0.05, 0.1) is 17.1 Å². The van der Waals surface area contributed by atoms with Crippen LogP contribution >= 0.6 is 11.3 Å². The molecule has 124 valence electrons. The monoisotopic (exact) mass is 343 g/mol. The molecule has 1 amide bonds. The van der Waals surface area contributed by atoms with Gasteiger partial charge in [-0.1, -0.05) is 12.1 Å². The molecule has 1 aromatic carbocycles. The third-order valence-electron chi connectivity index (χ3n) is 3.98. The van der Waals surface area contributed by atoms with E-state index in [4.69, 9.17) is 9.47 Å². The van der Waals surface area contributed by atoms with Crippen LogP contribution in [0.1, 0.15) is 15.4 Å². The Balaban J connectivity index is 1.42. The SMILES string of the molecule is Cc1nn(C)c2sc(C(=O)NC[C@@H]3COc4ccccc4O3)cc12. The highest BCUT2D eigenvalue weighted by Crippen LogP contribution is 2.31. The minimum absolute atomic E-state index is 0.0990. The zero-order valence-electron chi connectivity index (χ0n) is 13.4. The van der Waals surface area contributed by atoms with Gasteiger partial charge in [0, 0.05) is 12.4 Å². The number of para-hydroxylation sites is 2. The van der Waals surface area contributed by atoms with E-state index in [1.165, 1.54) is 11.3 Å². The zero-order valence-corrected chi connectivity index (χ0v) is 14.2. The molecule has 0 radical (unpaired) electrons. The first-order valence-corrected chi connectivity index (χ1v) is 8.53. The summed E-state index contributed by atoms with van der Waals surface area (Å²) >= 11 is 1.44. The number of amides is 1. The minimum Gasteiger partial charge on any atom is -0.486 e. The number of ether oxygens (including phenoxy) is 2. The van der Waals surface area contributed by atoms with Gasteiger partial charge in [0.25, 0.3) is 5.91 Å². The molecule has 1 N–H and O–H groups in total. The second kappa shape index (κ2) is 5.83. The van der Waals surface area contributed by atoms with Crippen molar-refractivity contribution in [1.82, 2.24) is 15.1 Å². The van der Waals surface area contributed by atoms with E-state index in [0.717, 1.165) is 21.7 Å². The maximum Gasteiger partial charge on any atom is 0.261 e. The number of carbonyl (C=O) groups is 1. The lowest BCUT2D eigenvalue weighted by molar-refractivity contribution is 0.0791. The zero-order chi connectivity index (χ0) is 16.7. The van der Waals surface area contributed by atoms with Crippen molar-refractivity contribution in [2.24, 2.45) is 7.05 Å². The lowest BCUT2D eigenvalue weighted by Gasteiger charge is -2.26. The number of rotatable bonds is 3. The van der Waals surface area contributed by atoms with Gasteiger partial charge in [-0.05, 0) is 25.1 Å². The van der Waals surface area contributed by atoms with Gasteiger partial charge in [-0.2, -0.15) is 5.10 Å². The number of aryl methyl sites for hydroxylation is 2. The number of carbonyl (C=O) groups excluding carboxylic acids is 1. The molecule has 7 heteroatoms. The molecule has 0 spiro atoms. The molecule has 3 heterocycles. The molecule has 0 fully saturated rings. The first-order chi connectivity index (χ1) is 11.6. The second-order valence-corrected chi connectivity index (χ2v) is 6.78. The van der Waals surface area contributed by atoms with Crippen molar-refractivity contribution >= 4 is 27.5 Å². The van der Waals surface area contributed by atoms with Gasteiger partial charge < -0.3 is 14.8 Å². The van der Waals surface area contributed by atoms with Crippen molar-refractivity contribution in [1.29, 1.82) is 0 Å². The van der Waals surface area contributed by atoms with Crippen LogP contribution in [0.2, 0.25) is 0 Å². The van der Waals surface area contributed by atoms with Crippen LogP contribution in [0.25, 0.3) is 10.2 Å². The number of benzene rings is 1. The summed E-state index contributed by atoms with van der Waals surface area (Å²) in [4.78, 5) is 14.1. The summed E-state index contributed by atoms with van der Waals surface area (Å²) in [5.74, 6) is 1.36. The molecule has 0 unspecified atom stereocenters. The number of hydrogen-bond acceptors (Lipinski definition) is 5. The molecule has 3 aromatic rings. The van der Waals surface area contributed by atoms with Crippen LogP contribution in [0.15, 0.2) is 30.3 Å². The second-order valence-electron chi connectivity index (χ2n) is 5.75. The van der Waals surface area contributed by atoms with Crippen molar-refractivity contribution < 1.29 is 14.3 Å². The molecule has 24 heavy (non-hydrogen) atoms. The van der Waals surface area contributed by atoms with Gasteiger partial charge in [0.1, 0.15) is 17.5 Å². The van der Waals surface area contributed by atoms with Gasteiger partial charge in [-0.25, -0.2) is 0 Å². The standard InChI is InChI=1S/C17H17N3O3S/c1-10-12-7-15(24-17(12)20(2)19-10)16(21)18-8-11-9-22-13-5-3-4-6-14(13)23-11/h3-7,11H,8-9H2,1-2H3,(H,18,21)/t11-/m1/s1. The largest absolute Gasteiger partial charge is 0.486 e. The fourth-order valence-electron chi connectivity index (χ4n) is 2.77. The molecule has 0 saturated heterocycles. The highest BCUT2D eigenvalue weighted by molar-refractivity contribution is 7.20. The molecule has 2 aromatic heterocycles. The van der Waals surface area contributed by atoms with Gasteiger partial charge in [0.2, 0.25) is 0 Å². The molecule has 0 saturated carbocycles. The summed E-state index contributed by atoms with van der Waals surface area (Å²) in [6.45, 7) is 2.77. The molecule has 1 aliphatic rings. The van der Waals surface area contributed by atoms with Gasteiger partial charge >= 0.3 is 0 Å². The van der Waals surface area contributed by atoms with Crippen molar-refractivity contribution in [3.8, 4) is 11.5 Å². The Hall–Kier alpha value is -2.54. The summed E-state index contributed by atoms with van der Waals surface area (Å²) in [7, 11) is 1.89. The van der Waals surface area contributed by atoms with Crippen LogP contribution in [0.4, 0.5) is 0 Å². The van der Waals surface area contributed by atoms with E-state index in [2.05, 4.69) is 10.4 Å². The summed E-state index contributed by atoms with van der Waals surface area (Å²) in [6.07, 6.45) is -0.193. The van der Waals surface area contributed by atoms with Crippen molar-refractivity contribution in [2.75, 3.05) is 13.2 Å². The van der Waals surface area contributed by atoms with E-state index in [1.807, 2.05) is 44.3 Å². The molecule has 0 bridgehead atoms. The average molecular weight is 343 g/mol. The third kappa shape index (κ3) is 2.60. The summed E-state index contributed by atoms with van der Waals surface area (Å²) in [6, 6.07) is 9.44. The van der Waals surface area contributed by atoms with Crippen molar-refractivity contribution in [2.45, 2.75) is 13.0 Å². The summed E-state index contributed by atoms with van der Waals surface area (Å²) < 4.78 is 13.3. The Labute approximate surface area is 143 Å². The normalized spacial score (nSPS) is 16.3. The lowest BCUT2D eigenvalue weighted by atomic mass is 10.2.